The molecule has 1 saturated carbocycles. The summed E-state index contributed by atoms with van der Waals surface area (Å²) in [6.07, 6.45) is 7.21. The second kappa shape index (κ2) is 8.30. The van der Waals surface area contributed by atoms with Crippen LogP contribution in [0.5, 0.6) is 0 Å². The molecule has 1 aliphatic rings. The first kappa shape index (κ1) is 17.0. The molecule has 0 bridgehead atoms. The van der Waals surface area contributed by atoms with E-state index in [1.54, 1.807) is 18.2 Å². The Balaban J connectivity index is 1.95. The van der Waals surface area contributed by atoms with E-state index in [0.717, 1.165) is 6.42 Å². The molecule has 21 heavy (non-hydrogen) atoms. The molecule has 1 N–H and O–H groups in total. The summed E-state index contributed by atoms with van der Waals surface area (Å²) in [5, 5.41) is 4.59. The molecule has 1 fully saturated rings. The summed E-state index contributed by atoms with van der Waals surface area (Å²) in [6, 6.07) is 5.13. The van der Waals surface area contributed by atoms with Gasteiger partial charge in [-0.1, -0.05) is 49.4 Å². The normalized spacial score (nSPS) is 17.5. The summed E-state index contributed by atoms with van der Waals surface area (Å²) in [5.41, 5.74) is 0.633. The van der Waals surface area contributed by atoms with Gasteiger partial charge in [0.15, 0.2) is 0 Å². The summed E-state index contributed by atoms with van der Waals surface area (Å²) < 4.78 is 0. The molecule has 0 aromatic heterocycles. The van der Waals surface area contributed by atoms with Gasteiger partial charge in [-0.25, -0.2) is 0 Å². The molecule has 1 amide bonds. The Morgan fingerprint density at radius 3 is 2.67 bits per heavy atom. The Bertz CT molecular complexity index is 489. The molecule has 116 valence electrons. The number of nitrogens with one attached hydrogen (secondary N) is 1. The van der Waals surface area contributed by atoms with Gasteiger partial charge in [-0.05, 0) is 37.5 Å². The Labute approximate surface area is 141 Å². The van der Waals surface area contributed by atoms with Crippen molar-refractivity contribution in [1.29, 1.82) is 0 Å². The fourth-order valence-corrected chi connectivity index (χ4v) is 4.48. The SMILES string of the molecule is CCC(SC1CCCCC1)C(=O)Nc1ccc(Cl)cc1Cl. The quantitative estimate of drug-likeness (QED) is 0.732. The molecule has 0 heterocycles. The van der Waals surface area contributed by atoms with Crippen molar-refractivity contribution >= 4 is 46.6 Å². The van der Waals surface area contributed by atoms with Crippen LogP contribution in [-0.2, 0) is 4.79 Å². The molecule has 5 heteroatoms. The third-order valence-corrected chi connectivity index (χ3v) is 6.04. The molecule has 2 rings (SSSR count). The van der Waals surface area contributed by atoms with Crippen molar-refractivity contribution in [2.45, 2.75) is 55.9 Å². The molecule has 1 unspecified atom stereocenters. The highest BCUT2D eigenvalue weighted by atomic mass is 35.5. The molecule has 0 radical (unpaired) electrons. The van der Waals surface area contributed by atoms with E-state index in [4.69, 9.17) is 23.2 Å². The van der Waals surface area contributed by atoms with Gasteiger partial charge >= 0.3 is 0 Å². The lowest BCUT2D eigenvalue weighted by Gasteiger charge is -2.25. The van der Waals surface area contributed by atoms with Crippen molar-refractivity contribution < 1.29 is 4.79 Å². The minimum atomic E-state index is -0.0140. The van der Waals surface area contributed by atoms with Crippen molar-refractivity contribution in [2.24, 2.45) is 0 Å². The largest absolute Gasteiger partial charge is 0.324 e. The molecule has 0 aliphatic heterocycles. The van der Waals surface area contributed by atoms with Gasteiger partial charge in [-0.2, -0.15) is 0 Å². The number of thioether (sulfide) groups is 1. The number of halogens is 2. The molecular weight excluding hydrogens is 325 g/mol. The Morgan fingerprint density at radius 1 is 1.33 bits per heavy atom. The average molecular weight is 346 g/mol. The summed E-state index contributed by atoms with van der Waals surface area (Å²) >= 11 is 13.8. The second-order valence-electron chi connectivity index (χ2n) is 5.41. The minimum absolute atomic E-state index is 0.0140. The topological polar surface area (TPSA) is 29.1 Å². The Kier molecular flexibility index (Phi) is 6.72. The van der Waals surface area contributed by atoms with E-state index in [-0.39, 0.29) is 11.2 Å². The van der Waals surface area contributed by atoms with Gasteiger partial charge in [-0.3, -0.25) is 4.79 Å². The van der Waals surface area contributed by atoms with E-state index in [2.05, 4.69) is 12.2 Å². The lowest BCUT2D eigenvalue weighted by molar-refractivity contribution is -0.115. The smallest absolute Gasteiger partial charge is 0.237 e. The number of hydrogen-bond donors (Lipinski definition) is 1. The molecule has 2 nitrogen and oxygen atoms in total. The summed E-state index contributed by atoms with van der Waals surface area (Å²) in [6.45, 7) is 2.06. The zero-order valence-electron chi connectivity index (χ0n) is 12.2. The summed E-state index contributed by atoms with van der Waals surface area (Å²) in [4.78, 5) is 12.4. The first-order chi connectivity index (χ1) is 10.1. The summed E-state index contributed by atoms with van der Waals surface area (Å²) in [5.74, 6) is 0.0392. The fraction of sp³-hybridized carbons (Fsp3) is 0.562. The monoisotopic (exact) mass is 345 g/mol. The zero-order chi connectivity index (χ0) is 15.2. The average Bonchev–Trinajstić information content (AvgIpc) is 2.48. The van der Waals surface area contributed by atoms with E-state index in [0.29, 0.717) is 21.0 Å². The van der Waals surface area contributed by atoms with Crippen LogP contribution in [0.3, 0.4) is 0 Å². The maximum atomic E-state index is 12.4. The van der Waals surface area contributed by atoms with Crippen LogP contribution in [0.4, 0.5) is 5.69 Å². The molecule has 1 aliphatic carbocycles. The third-order valence-electron chi connectivity index (χ3n) is 3.76. The standard InChI is InChI=1S/C16H21Cl2NOS/c1-2-15(21-12-6-4-3-5-7-12)16(20)19-14-9-8-11(17)10-13(14)18/h8-10,12,15H,2-7H2,1H3,(H,19,20). The van der Waals surface area contributed by atoms with Gasteiger partial charge in [0, 0.05) is 10.3 Å². The Hall–Kier alpha value is -0.380. The van der Waals surface area contributed by atoms with Crippen molar-refractivity contribution in [2.75, 3.05) is 5.32 Å². The number of hydrogen-bond acceptors (Lipinski definition) is 2. The van der Waals surface area contributed by atoms with Crippen LogP contribution < -0.4 is 5.32 Å². The number of anilines is 1. The molecule has 1 atom stereocenters. The zero-order valence-corrected chi connectivity index (χ0v) is 14.5. The van der Waals surface area contributed by atoms with Gasteiger partial charge in [0.05, 0.1) is 16.0 Å². The number of carbonyl (C=O) groups is 1. The van der Waals surface area contributed by atoms with Crippen molar-refractivity contribution in [3.05, 3.63) is 28.2 Å². The van der Waals surface area contributed by atoms with Crippen LogP contribution in [0.15, 0.2) is 18.2 Å². The van der Waals surface area contributed by atoms with E-state index in [1.165, 1.54) is 32.1 Å². The highest BCUT2D eigenvalue weighted by molar-refractivity contribution is 8.01. The number of carbonyl (C=O) groups excluding carboxylic acids is 1. The van der Waals surface area contributed by atoms with E-state index >= 15 is 0 Å². The lowest BCUT2D eigenvalue weighted by atomic mass is 10.0. The predicted octanol–water partition coefficient (Wildman–Crippen LogP) is 5.78. The van der Waals surface area contributed by atoms with E-state index in [1.807, 2.05) is 11.8 Å². The van der Waals surface area contributed by atoms with Gasteiger partial charge < -0.3 is 5.32 Å². The predicted molar refractivity (Wildman–Crippen MR) is 93.6 cm³/mol. The van der Waals surface area contributed by atoms with E-state index in [9.17, 15) is 4.79 Å². The number of benzene rings is 1. The van der Waals surface area contributed by atoms with Crippen LogP contribution in [0.2, 0.25) is 10.0 Å². The molecule has 0 spiro atoms. The van der Waals surface area contributed by atoms with E-state index < -0.39 is 0 Å². The highest BCUT2D eigenvalue weighted by Crippen LogP contribution is 2.33. The molecular formula is C16H21Cl2NOS. The molecule has 1 aromatic rings. The number of rotatable bonds is 5. The highest BCUT2D eigenvalue weighted by Gasteiger charge is 2.24. The van der Waals surface area contributed by atoms with Gasteiger partial charge in [0.1, 0.15) is 0 Å². The lowest BCUT2D eigenvalue weighted by Crippen LogP contribution is -2.27. The molecule has 1 aromatic carbocycles. The first-order valence-electron chi connectivity index (χ1n) is 7.51. The maximum absolute atomic E-state index is 12.4. The van der Waals surface area contributed by atoms with Gasteiger partial charge in [0.2, 0.25) is 5.91 Å². The molecule has 0 saturated heterocycles. The van der Waals surface area contributed by atoms with Gasteiger partial charge in [0.25, 0.3) is 0 Å². The fourth-order valence-electron chi connectivity index (χ4n) is 2.58. The van der Waals surface area contributed by atoms with Crippen molar-refractivity contribution in [3.63, 3.8) is 0 Å². The maximum Gasteiger partial charge on any atom is 0.237 e. The Morgan fingerprint density at radius 2 is 2.05 bits per heavy atom. The van der Waals surface area contributed by atoms with Crippen LogP contribution in [0.1, 0.15) is 45.4 Å². The second-order valence-corrected chi connectivity index (χ2v) is 7.76. The summed E-state index contributed by atoms with van der Waals surface area (Å²) in [7, 11) is 0. The van der Waals surface area contributed by atoms with Crippen LogP contribution in [0, 0.1) is 0 Å². The first-order valence-corrected chi connectivity index (χ1v) is 9.21. The van der Waals surface area contributed by atoms with Crippen LogP contribution in [0.25, 0.3) is 0 Å². The van der Waals surface area contributed by atoms with Crippen LogP contribution in [-0.4, -0.2) is 16.4 Å². The third kappa shape index (κ3) is 5.08. The van der Waals surface area contributed by atoms with Crippen molar-refractivity contribution in [1.82, 2.24) is 0 Å². The van der Waals surface area contributed by atoms with Crippen molar-refractivity contribution in [3.8, 4) is 0 Å². The van der Waals surface area contributed by atoms with Gasteiger partial charge in [-0.15, -0.1) is 11.8 Å². The number of amides is 1. The minimum Gasteiger partial charge on any atom is -0.324 e. The van der Waals surface area contributed by atoms with Crippen LogP contribution >= 0.6 is 35.0 Å².